The van der Waals surface area contributed by atoms with Crippen LogP contribution in [0.4, 0.5) is 0 Å². The second-order valence-electron chi connectivity index (χ2n) is 3.13. The predicted molar refractivity (Wildman–Crippen MR) is 67.8 cm³/mol. The van der Waals surface area contributed by atoms with Gasteiger partial charge in [-0.05, 0) is 19.1 Å². The average molecular weight is 270 g/mol. The molecule has 1 aromatic carbocycles. The van der Waals surface area contributed by atoms with Crippen molar-refractivity contribution in [3.8, 4) is 0 Å². The Balaban J connectivity index is 2.34. The molecule has 0 N–H and O–H groups in total. The van der Waals surface area contributed by atoms with Crippen LogP contribution in [-0.4, -0.2) is 11.3 Å². The lowest BCUT2D eigenvalue weighted by Crippen LogP contribution is -1.86. The lowest BCUT2D eigenvalue weighted by Gasteiger charge is -2.03. The number of aldehydes is 1. The second-order valence-corrected chi connectivity index (χ2v) is 5.68. The predicted octanol–water partition coefficient (Wildman–Crippen LogP) is 4.07. The minimum absolute atomic E-state index is 0.480. The van der Waals surface area contributed by atoms with Crippen LogP contribution in [0.15, 0.2) is 32.8 Å². The van der Waals surface area contributed by atoms with Crippen molar-refractivity contribution in [2.24, 2.45) is 0 Å². The first-order chi connectivity index (χ1) is 7.70. The molecule has 2 rings (SSSR count). The highest BCUT2D eigenvalue weighted by molar-refractivity contribution is 8.01. The van der Waals surface area contributed by atoms with Gasteiger partial charge >= 0.3 is 0 Å². The number of carbonyl (C=O) groups excluding carboxylic acids is 1. The Morgan fingerprint density at radius 2 is 2.31 bits per heavy atom. The SMILES string of the molecule is Cc1csc(Sc2cccc(Cl)c2C=O)n1. The van der Waals surface area contributed by atoms with Gasteiger partial charge in [0.05, 0.1) is 5.02 Å². The van der Waals surface area contributed by atoms with E-state index in [9.17, 15) is 4.79 Å². The Labute approximate surface area is 107 Å². The number of hydrogen-bond acceptors (Lipinski definition) is 4. The molecular formula is C11H8ClNOS2. The summed E-state index contributed by atoms with van der Waals surface area (Å²) in [4.78, 5) is 16.1. The Morgan fingerprint density at radius 3 is 2.94 bits per heavy atom. The standard InChI is InChI=1S/C11H8ClNOS2/c1-7-6-15-11(13-7)16-10-4-2-3-9(12)8(10)5-14/h2-6H,1H3. The summed E-state index contributed by atoms with van der Waals surface area (Å²) in [5, 5.41) is 2.46. The van der Waals surface area contributed by atoms with Gasteiger partial charge in [-0.25, -0.2) is 4.98 Å². The van der Waals surface area contributed by atoms with Crippen LogP contribution in [0.5, 0.6) is 0 Å². The first-order valence-electron chi connectivity index (χ1n) is 4.54. The lowest BCUT2D eigenvalue weighted by atomic mass is 10.2. The molecule has 82 valence electrons. The molecule has 0 amide bonds. The highest BCUT2D eigenvalue weighted by atomic mass is 35.5. The summed E-state index contributed by atoms with van der Waals surface area (Å²) in [7, 11) is 0. The molecule has 2 aromatic rings. The van der Waals surface area contributed by atoms with Crippen LogP contribution in [0.2, 0.25) is 5.02 Å². The Bertz CT molecular complexity index is 524. The number of nitrogens with zero attached hydrogens (tertiary/aromatic N) is 1. The fourth-order valence-electron chi connectivity index (χ4n) is 1.19. The number of thiazole rings is 1. The van der Waals surface area contributed by atoms with Gasteiger partial charge in [0, 0.05) is 21.5 Å². The molecule has 0 aliphatic heterocycles. The van der Waals surface area contributed by atoms with E-state index in [1.807, 2.05) is 24.4 Å². The van der Waals surface area contributed by atoms with Crippen molar-refractivity contribution in [3.63, 3.8) is 0 Å². The van der Waals surface area contributed by atoms with Crippen molar-refractivity contribution in [2.75, 3.05) is 0 Å². The summed E-state index contributed by atoms with van der Waals surface area (Å²) in [6, 6.07) is 5.41. The molecule has 0 atom stereocenters. The molecule has 0 aliphatic rings. The van der Waals surface area contributed by atoms with Crippen molar-refractivity contribution in [1.82, 2.24) is 4.98 Å². The zero-order chi connectivity index (χ0) is 11.5. The third kappa shape index (κ3) is 2.45. The number of carbonyl (C=O) groups is 1. The maximum Gasteiger partial charge on any atom is 0.154 e. The van der Waals surface area contributed by atoms with Crippen LogP contribution >= 0.6 is 34.7 Å². The third-order valence-corrected chi connectivity index (χ3v) is 4.39. The van der Waals surface area contributed by atoms with Crippen LogP contribution in [0.25, 0.3) is 0 Å². The van der Waals surface area contributed by atoms with Crippen LogP contribution in [0.1, 0.15) is 16.1 Å². The number of aryl methyl sites for hydroxylation is 1. The molecule has 0 fully saturated rings. The van der Waals surface area contributed by atoms with Gasteiger partial charge in [-0.3, -0.25) is 4.79 Å². The summed E-state index contributed by atoms with van der Waals surface area (Å²) in [5.41, 5.74) is 1.52. The van der Waals surface area contributed by atoms with Crippen molar-refractivity contribution >= 4 is 41.0 Å². The number of rotatable bonds is 3. The normalized spacial score (nSPS) is 10.4. The van der Waals surface area contributed by atoms with Gasteiger partial charge in [0.15, 0.2) is 10.6 Å². The average Bonchev–Trinajstić information content (AvgIpc) is 2.64. The first kappa shape index (κ1) is 11.6. The van der Waals surface area contributed by atoms with E-state index < -0.39 is 0 Å². The zero-order valence-electron chi connectivity index (χ0n) is 8.44. The lowest BCUT2D eigenvalue weighted by molar-refractivity contribution is 0.112. The van der Waals surface area contributed by atoms with Crippen molar-refractivity contribution in [3.05, 3.63) is 39.9 Å². The monoisotopic (exact) mass is 269 g/mol. The van der Waals surface area contributed by atoms with Crippen molar-refractivity contribution < 1.29 is 4.79 Å². The molecule has 1 heterocycles. The number of aromatic nitrogens is 1. The van der Waals surface area contributed by atoms with E-state index in [0.29, 0.717) is 10.6 Å². The van der Waals surface area contributed by atoms with Gasteiger partial charge in [-0.15, -0.1) is 11.3 Å². The second kappa shape index (κ2) is 4.99. The molecule has 2 nitrogen and oxygen atoms in total. The van der Waals surface area contributed by atoms with Gasteiger partial charge in [0.2, 0.25) is 0 Å². The molecule has 0 radical (unpaired) electrons. The first-order valence-corrected chi connectivity index (χ1v) is 6.62. The van der Waals surface area contributed by atoms with Crippen LogP contribution in [0.3, 0.4) is 0 Å². The van der Waals surface area contributed by atoms with Crippen LogP contribution in [-0.2, 0) is 0 Å². The van der Waals surface area contributed by atoms with Gasteiger partial charge < -0.3 is 0 Å². The van der Waals surface area contributed by atoms with E-state index in [1.165, 1.54) is 11.8 Å². The number of hydrogen-bond donors (Lipinski definition) is 0. The van der Waals surface area contributed by atoms with E-state index in [1.54, 1.807) is 17.4 Å². The Kier molecular flexibility index (Phi) is 3.63. The smallest absolute Gasteiger partial charge is 0.154 e. The molecule has 0 unspecified atom stereocenters. The minimum Gasteiger partial charge on any atom is -0.298 e. The molecule has 0 bridgehead atoms. The van der Waals surface area contributed by atoms with Gasteiger partial charge in [-0.1, -0.05) is 29.4 Å². The van der Waals surface area contributed by atoms with E-state index in [2.05, 4.69) is 4.98 Å². The fraction of sp³-hybridized carbons (Fsp3) is 0.0909. The van der Waals surface area contributed by atoms with E-state index in [0.717, 1.165) is 21.2 Å². The van der Waals surface area contributed by atoms with E-state index in [-0.39, 0.29) is 0 Å². The molecule has 0 aliphatic carbocycles. The van der Waals surface area contributed by atoms with Gasteiger partial charge in [0.1, 0.15) is 0 Å². The summed E-state index contributed by atoms with van der Waals surface area (Å²) in [6.07, 6.45) is 0.783. The number of benzene rings is 1. The quantitative estimate of drug-likeness (QED) is 0.787. The summed E-state index contributed by atoms with van der Waals surface area (Å²) >= 11 is 8.97. The summed E-state index contributed by atoms with van der Waals surface area (Å²) < 4.78 is 0.919. The topological polar surface area (TPSA) is 30.0 Å². The Morgan fingerprint density at radius 1 is 1.50 bits per heavy atom. The minimum atomic E-state index is 0.480. The zero-order valence-corrected chi connectivity index (χ0v) is 10.8. The highest BCUT2D eigenvalue weighted by Crippen LogP contribution is 2.34. The highest BCUT2D eigenvalue weighted by Gasteiger charge is 2.09. The molecule has 1 aromatic heterocycles. The largest absolute Gasteiger partial charge is 0.298 e. The van der Waals surface area contributed by atoms with Crippen LogP contribution < -0.4 is 0 Å². The fourth-order valence-corrected chi connectivity index (χ4v) is 3.39. The summed E-state index contributed by atoms with van der Waals surface area (Å²) in [6.45, 7) is 1.94. The summed E-state index contributed by atoms with van der Waals surface area (Å²) in [5.74, 6) is 0. The van der Waals surface area contributed by atoms with E-state index >= 15 is 0 Å². The van der Waals surface area contributed by atoms with Gasteiger partial charge in [-0.2, -0.15) is 0 Å². The molecule has 16 heavy (non-hydrogen) atoms. The van der Waals surface area contributed by atoms with Crippen molar-refractivity contribution in [1.29, 1.82) is 0 Å². The maximum atomic E-state index is 10.9. The maximum absolute atomic E-state index is 10.9. The third-order valence-electron chi connectivity index (χ3n) is 1.93. The molecule has 0 saturated heterocycles. The van der Waals surface area contributed by atoms with Gasteiger partial charge in [0.25, 0.3) is 0 Å². The molecule has 0 spiro atoms. The Hall–Kier alpha value is -0.840. The molecule has 0 saturated carbocycles. The molecular weight excluding hydrogens is 262 g/mol. The molecule has 5 heteroatoms. The van der Waals surface area contributed by atoms with E-state index in [4.69, 9.17) is 11.6 Å². The number of halogens is 1. The van der Waals surface area contributed by atoms with Crippen LogP contribution in [0, 0.1) is 6.92 Å². The van der Waals surface area contributed by atoms with Crippen molar-refractivity contribution in [2.45, 2.75) is 16.2 Å².